The molecule has 0 aliphatic carbocycles. The monoisotopic (exact) mass is 378 g/mol. The highest BCUT2D eigenvalue weighted by Gasteiger charge is 2.16. The maximum Gasteiger partial charge on any atom is 0.224 e. The third-order valence-corrected chi connectivity index (χ3v) is 5.38. The second kappa shape index (κ2) is 9.71. The molecule has 26 heavy (non-hydrogen) atoms. The number of carbonyl (C=O) groups excluding carboxylic acids is 1. The molecular formula is C19H30N4O2S. The lowest BCUT2D eigenvalue weighted by Crippen LogP contribution is -2.40. The van der Waals surface area contributed by atoms with E-state index in [-0.39, 0.29) is 10.7 Å². The zero-order valence-electron chi connectivity index (χ0n) is 16.1. The number of amides is 1. The summed E-state index contributed by atoms with van der Waals surface area (Å²) < 4.78 is 5.95. The molecule has 1 amide bonds. The van der Waals surface area contributed by atoms with Crippen LogP contribution < -0.4 is 20.7 Å². The summed E-state index contributed by atoms with van der Waals surface area (Å²) >= 11 is 1.81. The molecule has 1 heterocycles. The molecule has 0 radical (unpaired) electrons. The number of anilines is 1. The number of carbonyl (C=O) groups is 1. The minimum atomic E-state index is 0.0789. The number of thioether (sulfide) groups is 1. The van der Waals surface area contributed by atoms with Crippen LogP contribution >= 0.6 is 11.8 Å². The van der Waals surface area contributed by atoms with Gasteiger partial charge in [0.25, 0.3) is 0 Å². The number of nitrogens with one attached hydrogen (secondary N) is 3. The van der Waals surface area contributed by atoms with E-state index in [4.69, 9.17) is 4.74 Å². The summed E-state index contributed by atoms with van der Waals surface area (Å²) in [5, 5.41) is 9.44. The summed E-state index contributed by atoms with van der Waals surface area (Å²) in [5.41, 5.74) is 2.02. The number of fused-ring (bicyclic) bond motifs is 1. The number of aliphatic imine (C=N–C) groups is 1. The van der Waals surface area contributed by atoms with Gasteiger partial charge in [0.1, 0.15) is 12.4 Å². The van der Waals surface area contributed by atoms with Gasteiger partial charge < -0.3 is 20.7 Å². The fourth-order valence-electron chi connectivity index (χ4n) is 2.46. The SMILES string of the molecule is CCNC(=NCC(C)(C)SC)NCCOc1ccc2c(c1)CCC(=O)N2. The minimum absolute atomic E-state index is 0.0789. The molecular weight excluding hydrogens is 348 g/mol. The maximum absolute atomic E-state index is 11.4. The molecule has 3 N–H and O–H groups in total. The molecule has 6 nitrogen and oxygen atoms in total. The zero-order valence-corrected chi connectivity index (χ0v) is 17.0. The summed E-state index contributed by atoms with van der Waals surface area (Å²) in [6.45, 7) is 9.21. The van der Waals surface area contributed by atoms with E-state index in [2.05, 4.69) is 48.0 Å². The number of benzene rings is 1. The lowest BCUT2D eigenvalue weighted by molar-refractivity contribution is -0.116. The van der Waals surface area contributed by atoms with Crippen LogP contribution in [0.15, 0.2) is 23.2 Å². The van der Waals surface area contributed by atoms with E-state index in [1.807, 2.05) is 30.0 Å². The average molecular weight is 379 g/mol. The van der Waals surface area contributed by atoms with Crippen molar-refractivity contribution < 1.29 is 9.53 Å². The molecule has 1 aromatic carbocycles. The Morgan fingerprint density at radius 3 is 2.88 bits per heavy atom. The van der Waals surface area contributed by atoms with Crippen LogP contribution in [0.3, 0.4) is 0 Å². The summed E-state index contributed by atoms with van der Waals surface area (Å²) in [4.78, 5) is 16.0. The number of nitrogens with zero attached hydrogens (tertiary/aromatic N) is 1. The second-order valence-corrected chi connectivity index (χ2v) is 8.31. The Balaban J connectivity index is 1.81. The maximum atomic E-state index is 11.4. The molecule has 144 valence electrons. The fourth-order valence-corrected chi connectivity index (χ4v) is 2.66. The highest BCUT2D eigenvalue weighted by molar-refractivity contribution is 7.99. The van der Waals surface area contributed by atoms with Crippen molar-refractivity contribution in [2.75, 3.05) is 37.8 Å². The molecule has 0 saturated heterocycles. The van der Waals surface area contributed by atoms with Crippen LogP contribution in [-0.2, 0) is 11.2 Å². The Bertz CT molecular complexity index is 646. The van der Waals surface area contributed by atoms with Gasteiger partial charge in [-0.3, -0.25) is 9.79 Å². The lowest BCUT2D eigenvalue weighted by atomic mass is 10.0. The Labute approximate surface area is 160 Å². The van der Waals surface area contributed by atoms with Crippen molar-refractivity contribution in [1.82, 2.24) is 10.6 Å². The van der Waals surface area contributed by atoms with Gasteiger partial charge in [0.05, 0.1) is 13.1 Å². The molecule has 1 aliphatic heterocycles. The highest BCUT2D eigenvalue weighted by Crippen LogP contribution is 2.26. The van der Waals surface area contributed by atoms with Gasteiger partial charge in [-0.25, -0.2) is 0 Å². The topological polar surface area (TPSA) is 74.8 Å². The fraction of sp³-hybridized carbons (Fsp3) is 0.579. The Hall–Kier alpha value is -1.89. The molecule has 0 spiro atoms. The van der Waals surface area contributed by atoms with Crippen LogP contribution in [0.2, 0.25) is 0 Å². The Morgan fingerprint density at radius 1 is 1.35 bits per heavy atom. The van der Waals surface area contributed by atoms with E-state index in [0.29, 0.717) is 19.6 Å². The average Bonchev–Trinajstić information content (AvgIpc) is 2.63. The molecule has 1 aromatic rings. The van der Waals surface area contributed by atoms with Crippen LogP contribution in [0, 0.1) is 0 Å². The Kier molecular flexibility index (Phi) is 7.63. The summed E-state index contributed by atoms with van der Waals surface area (Å²) in [6.07, 6.45) is 3.40. The van der Waals surface area contributed by atoms with Crippen molar-refractivity contribution in [3.05, 3.63) is 23.8 Å². The van der Waals surface area contributed by atoms with Gasteiger partial charge in [-0.05, 0) is 57.2 Å². The number of rotatable bonds is 8. The molecule has 0 saturated carbocycles. The van der Waals surface area contributed by atoms with Gasteiger partial charge in [0, 0.05) is 23.4 Å². The quantitative estimate of drug-likeness (QED) is 0.368. The van der Waals surface area contributed by atoms with E-state index in [9.17, 15) is 4.79 Å². The Morgan fingerprint density at radius 2 is 2.15 bits per heavy atom. The second-order valence-electron chi connectivity index (χ2n) is 6.80. The lowest BCUT2D eigenvalue weighted by Gasteiger charge is -2.20. The molecule has 7 heteroatoms. The van der Waals surface area contributed by atoms with Crippen molar-refractivity contribution in [3.8, 4) is 5.75 Å². The van der Waals surface area contributed by atoms with Crippen molar-refractivity contribution in [1.29, 1.82) is 0 Å². The third kappa shape index (κ3) is 6.44. The smallest absolute Gasteiger partial charge is 0.224 e. The summed E-state index contributed by atoms with van der Waals surface area (Å²) in [6, 6.07) is 5.81. The summed E-state index contributed by atoms with van der Waals surface area (Å²) in [5.74, 6) is 1.72. The first-order chi connectivity index (χ1) is 12.4. The third-order valence-electron chi connectivity index (χ3n) is 4.15. The van der Waals surface area contributed by atoms with Gasteiger partial charge >= 0.3 is 0 Å². The van der Waals surface area contributed by atoms with Crippen LogP contribution in [0.25, 0.3) is 0 Å². The van der Waals surface area contributed by atoms with Gasteiger partial charge in [0.2, 0.25) is 5.91 Å². The van der Waals surface area contributed by atoms with Gasteiger partial charge in [-0.1, -0.05) is 0 Å². The van der Waals surface area contributed by atoms with E-state index in [1.54, 1.807) is 0 Å². The molecule has 0 bridgehead atoms. The van der Waals surface area contributed by atoms with Crippen molar-refractivity contribution >= 4 is 29.3 Å². The minimum Gasteiger partial charge on any atom is -0.492 e. The molecule has 0 fully saturated rings. The van der Waals surface area contributed by atoms with Crippen molar-refractivity contribution in [2.24, 2.45) is 4.99 Å². The van der Waals surface area contributed by atoms with Crippen molar-refractivity contribution in [3.63, 3.8) is 0 Å². The van der Waals surface area contributed by atoms with E-state index < -0.39 is 0 Å². The van der Waals surface area contributed by atoms with Gasteiger partial charge in [0.15, 0.2) is 5.96 Å². The first-order valence-electron chi connectivity index (χ1n) is 9.06. The first kappa shape index (κ1) is 20.4. The first-order valence-corrected chi connectivity index (χ1v) is 10.3. The van der Waals surface area contributed by atoms with Crippen LogP contribution in [0.4, 0.5) is 5.69 Å². The summed E-state index contributed by atoms with van der Waals surface area (Å²) in [7, 11) is 0. The van der Waals surface area contributed by atoms with E-state index in [1.165, 1.54) is 0 Å². The number of ether oxygens (including phenoxy) is 1. The highest BCUT2D eigenvalue weighted by atomic mass is 32.2. The zero-order chi connectivity index (χ0) is 19.0. The van der Waals surface area contributed by atoms with Gasteiger partial charge in [-0.15, -0.1) is 0 Å². The molecule has 0 atom stereocenters. The van der Waals surface area contributed by atoms with Crippen molar-refractivity contribution in [2.45, 2.75) is 38.4 Å². The van der Waals surface area contributed by atoms with Gasteiger partial charge in [-0.2, -0.15) is 11.8 Å². The number of hydrogen-bond donors (Lipinski definition) is 3. The normalized spacial score (nSPS) is 14.5. The molecule has 0 aromatic heterocycles. The van der Waals surface area contributed by atoms with E-state index in [0.717, 1.165) is 42.5 Å². The predicted molar refractivity (Wildman–Crippen MR) is 110 cm³/mol. The molecule has 0 unspecified atom stereocenters. The molecule has 1 aliphatic rings. The largest absolute Gasteiger partial charge is 0.492 e. The number of guanidine groups is 1. The molecule has 2 rings (SSSR count). The number of aryl methyl sites for hydroxylation is 1. The van der Waals surface area contributed by atoms with E-state index >= 15 is 0 Å². The standard InChI is InChI=1S/C19H30N4O2S/c1-5-20-18(22-13-19(2,3)26-4)21-10-11-25-15-7-8-16-14(12-15)6-9-17(24)23-16/h7-8,12H,5-6,9-11,13H2,1-4H3,(H,23,24)(H2,20,21,22). The predicted octanol–water partition coefficient (Wildman–Crippen LogP) is 2.65. The van der Waals surface area contributed by atoms with Crippen LogP contribution in [0.1, 0.15) is 32.8 Å². The number of hydrogen-bond acceptors (Lipinski definition) is 4. The van der Waals surface area contributed by atoms with Crippen LogP contribution in [-0.4, -0.2) is 49.1 Å². The van der Waals surface area contributed by atoms with Crippen LogP contribution in [0.5, 0.6) is 5.75 Å².